The first kappa shape index (κ1) is 9.58. The smallest absolute Gasteiger partial charge is 0.134 e. The fraction of sp³-hybridized carbons (Fsp3) is 0.300. The Kier molecular flexibility index (Phi) is 2.56. The number of benzene rings is 1. The number of nitrogen functional groups attached to an aromatic ring is 2. The van der Waals surface area contributed by atoms with Crippen molar-refractivity contribution in [3.8, 4) is 0 Å². The molecule has 0 aromatic heterocycles. The lowest BCUT2D eigenvalue weighted by molar-refractivity contribution is -0.116. The van der Waals surface area contributed by atoms with Gasteiger partial charge in [-0.3, -0.25) is 4.79 Å². The van der Waals surface area contributed by atoms with Crippen LogP contribution in [0.2, 0.25) is 0 Å². The molecule has 0 aliphatic heterocycles. The van der Waals surface area contributed by atoms with Gasteiger partial charge in [0.1, 0.15) is 5.78 Å². The fourth-order valence-electron chi connectivity index (χ4n) is 1.25. The van der Waals surface area contributed by atoms with Gasteiger partial charge in [0, 0.05) is 6.42 Å². The van der Waals surface area contributed by atoms with E-state index < -0.39 is 0 Å². The number of anilines is 2. The number of hydrogen-bond donors (Lipinski definition) is 2. The van der Waals surface area contributed by atoms with Crippen LogP contribution < -0.4 is 11.5 Å². The van der Waals surface area contributed by atoms with Crippen molar-refractivity contribution in [1.82, 2.24) is 0 Å². The summed E-state index contributed by atoms with van der Waals surface area (Å²) >= 11 is 0. The molecular formula is C10H14N2O. The van der Waals surface area contributed by atoms with E-state index in [-0.39, 0.29) is 5.78 Å². The van der Waals surface area contributed by atoms with Crippen molar-refractivity contribution in [2.45, 2.75) is 20.3 Å². The summed E-state index contributed by atoms with van der Waals surface area (Å²) < 4.78 is 0. The lowest BCUT2D eigenvalue weighted by Gasteiger charge is -2.07. The maximum absolute atomic E-state index is 10.9. The molecule has 4 N–H and O–H groups in total. The summed E-state index contributed by atoms with van der Waals surface area (Å²) in [4.78, 5) is 10.9. The molecule has 0 radical (unpaired) electrons. The molecule has 0 heterocycles. The van der Waals surface area contributed by atoms with Crippen LogP contribution >= 0.6 is 0 Å². The van der Waals surface area contributed by atoms with Crippen molar-refractivity contribution >= 4 is 17.2 Å². The van der Waals surface area contributed by atoms with Gasteiger partial charge in [0.15, 0.2) is 0 Å². The quantitative estimate of drug-likeness (QED) is 0.670. The van der Waals surface area contributed by atoms with Gasteiger partial charge in [0.2, 0.25) is 0 Å². The number of rotatable bonds is 2. The van der Waals surface area contributed by atoms with Gasteiger partial charge in [-0.1, -0.05) is 0 Å². The Bertz CT molecular complexity index is 345. The SMILES string of the molecule is CC(=O)Cc1cc(N)c(N)cc1C. The highest BCUT2D eigenvalue weighted by Gasteiger charge is 2.04. The lowest BCUT2D eigenvalue weighted by atomic mass is 10.0. The average Bonchev–Trinajstić information content (AvgIpc) is 1.99. The monoisotopic (exact) mass is 178 g/mol. The molecule has 1 aromatic carbocycles. The molecule has 0 aliphatic rings. The molecule has 3 nitrogen and oxygen atoms in total. The highest BCUT2D eigenvalue weighted by atomic mass is 16.1. The van der Waals surface area contributed by atoms with Crippen LogP contribution in [0.4, 0.5) is 11.4 Å². The molecule has 1 aromatic rings. The zero-order chi connectivity index (χ0) is 10.0. The van der Waals surface area contributed by atoms with E-state index in [0.717, 1.165) is 11.1 Å². The molecule has 1 rings (SSSR count). The third kappa shape index (κ3) is 2.21. The Balaban J connectivity index is 3.08. The van der Waals surface area contributed by atoms with Gasteiger partial charge >= 0.3 is 0 Å². The first-order chi connectivity index (χ1) is 6.00. The van der Waals surface area contributed by atoms with E-state index in [4.69, 9.17) is 11.5 Å². The Hall–Kier alpha value is -1.51. The predicted octanol–water partition coefficient (Wildman–Crippen LogP) is 1.29. The molecule has 3 heteroatoms. The van der Waals surface area contributed by atoms with Crippen LogP contribution in [-0.4, -0.2) is 5.78 Å². The van der Waals surface area contributed by atoms with E-state index in [2.05, 4.69) is 0 Å². The van der Waals surface area contributed by atoms with Crippen LogP contribution in [0, 0.1) is 6.92 Å². The minimum absolute atomic E-state index is 0.132. The van der Waals surface area contributed by atoms with Crippen molar-refractivity contribution in [3.63, 3.8) is 0 Å². The zero-order valence-corrected chi connectivity index (χ0v) is 7.92. The number of nitrogens with two attached hydrogens (primary N) is 2. The van der Waals surface area contributed by atoms with Gasteiger partial charge in [0.25, 0.3) is 0 Å². The molecule has 13 heavy (non-hydrogen) atoms. The third-order valence-electron chi connectivity index (χ3n) is 1.98. The number of carbonyl (C=O) groups is 1. The van der Waals surface area contributed by atoms with Crippen LogP contribution in [0.3, 0.4) is 0 Å². The average molecular weight is 178 g/mol. The highest BCUT2D eigenvalue weighted by Crippen LogP contribution is 2.20. The molecule has 0 aliphatic carbocycles. The van der Waals surface area contributed by atoms with Gasteiger partial charge in [0.05, 0.1) is 11.4 Å². The maximum atomic E-state index is 10.9. The van der Waals surface area contributed by atoms with E-state index in [0.29, 0.717) is 17.8 Å². The number of Topliss-reactive ketones (excluding diaryl/α,β-unsaturated/α-hetero) is 1. The van der Waals surface area contributed by atoms with Crippen LogP contribution in [0.15, 0.2) is 12.1 Å². The van der Waals surface area contributed by atoms with E-state index in [9.17, 15) is 4.79 Å². The summed E-state index contributed by atoms with van der Waals surface area (Å²) in [6.45, 7) is 3.49. The van der Waals surface area contributed by atoms with E-state index in [1.165, 1.54) is 0 Å². The van der Waals surface area contributed by atoms with Crippen LogP contribution in [0.5, 0.6) is 0 Å². The van der Waals surface area contributed by atoms with Gasteiger partial charge in [-0.2, -0.15) is 0 Å². The Morgan fingerprint density at radius 3 is 2.38 bits per heavy atom. The van der Waals surface area contributed by atoms with Crippen molar-refractivity contribution in [2.24, 2.45) is 0 Å². The zero-order valence-electron chi connectivity index (χ0n) is 7.92. The molecule has 0 fully saturated rings. The summed E-state index contributed by atoms with van der Waals surface area (Å²) in [6.07, 6.45) is 0.427. The molecule has 0 bridgehead atoms. The minimum atomic E-state index is 0.132. The largest absolute Gasteiger partial charge is 0.397 e. The van der Waals surface area contributed by atoms with Crippen LogP contribution in [0.1, 0.15) is 18.1 Å². The topological polar surface area (TPSA) is 69.1 Å². The van der Waals surface area contributed by atoms with Gasteiger partial charge in [-0.25, -0.2) is 0 Å². The van der Waals surface area contributed by atoms with Crippen LogP contribution in [0.25, 0.3) is 0 Å². The van der Waals surface area contributed by atoms with Crippen molar-refractivity contribution < 1.29 is 4.79 Å². The Morgan fingerprint density at radius 1 is 1.31 bits per heavy atom. The summed E-state index contributed by atoms with van der Waals surface area (Å²) in [7, 11) is 0. The summed E-state index contributed by atoms with van der Waals surface area (Å²) in [5.74, 6) is 0.132. The predicted molar refractivity (Wildman–Crippen MR) is 54.4 cm³/mol. The van der Waals surface area contributed by atoms with E-state index in [1.807, 2.05) is 6.92 Å². The molecule has 70 valence electrons. The number of ketones is 1. The maximum Gasteiger partial charge on any atom is 0.134 e. The normalized spacial score (nSPS) is 10.0. The molecular weight excluding hydrogens is 164 g/mol. The highest BCUT2D eigenvalue weighted by molar-refractivity contribution is 5.79. The van der Waals surface area contributed by atoms with Crippen molar-refractivity contribution in [2.75, 3.05) is 11.5 Å². The molecule has 0 spiro atoms. The number of carbonyl (C=O) groups excluding carboxylic acids is 1. The molecule has 0 amide bonds. The summed E-state index contributed by atoms with van der Waals surface area (Å²) in [5, 5.41) is 0. The van der Waals surface area contributed by atoms with Gasteiger partial charge in [-0.15, -0.1) is 0 Å². The van der Waals surface area contributed by atoms with E-state index >= 15 is 0 Å². The lowest BCUT2D eigenvalue weighted by Crippen LogP contribution is -2.02. The molecule has 0 saturated carbocycles. The van der Waals surface area contributed by atoms with Crippen LogP contribution in [-0.2, 0) is 11.2 Å². The first-order valence-electron chi connectivity index (χ1n) is 4.14. The summed E-state index contributed by atoms with van der Waals surface area (Å²) in [5.41, 5.74) is 14.3. The van der Waals surface area contributed by atoms with Gasteiger partial charge < -0.3 is 11.5 Å². The fourth-order valence-corrected chi connectivity index (χ4v) is 1.25. The molecule has 0 unspecified atom stereocenters. The second-order valence-electron chi connectivity index (χ2n) is 3.29. The standard InChI is InChI=1S/C10H14N2O/c1-6-3-9(11)10(12)5-8(6)4-7(2)13/h3,5H,4,11-12H2,1-2H3. The third-order valence-corrected chi connectivity index (χ3v) is 1.98. The molecule has 0 saturated heterocycles. The number of aryl methyl sites for hydroxylation is 1. The number of hydrogen-bond acceptors (Lipinski definition) is 3. The van der Waals surface area contributed by atoms with Crippen molar-refractivity contribution in [3.05, 3.63) is 23.3 Å². The Labute approximate surface area is 77.7 Å². The Morgan fingerprint density at radius 2 is 1.85 bits per heavy atom. The summed E-state index contributed by atoms with van der Waals surface area (Å²) in [6, 6.07) is 3.57. The second kappa shape index (κ2) is 3.47. The second-order valence-corrected chi connectivity index (χ2v) is 3.29. The first-order valence-corrected chi connectivity index (χ1v) is 4.14. The minimum Gasteiger partial charge on any atom is -0.397 e. The molecule has 0 atom stereocenters. The van der Waals surface area contributed by atoms with Gasteiger partial charge in [-0.05, 0) is 37.1 Å². The van der Waals surface area contributed by atoms with Crippen molar-refractivity contribution in [1.29, 1.82) is 0 Å². The van der Waals surface area contributed by atoms with E-state index in [1.54, 1.807) is 19.1 Å².